The maximum atomic E-state index is 4.11. The van der Waals surface area contributed by atoms with Crippen LogP contribution < -0.4 is 5.32 Å². The number of nitrogens with one attached hydrogen (secondary N) is 1. The molecule has 1 N–H and O–H groups in total. The molecule has 0 bridgehead atoms. The summed E-state index contributed by atoms with van der Waals surface area (Å²) in [5.41, 5.74) is 4.44. The molecule has 0 unspecified atom stereocenters. The lowest BCUT2D eigenvalue weighted by Gasteiger charge is -2.09. The van der Waals surface area contributed by atoms with Gasteiger partial charge in [-0.25, -0.2) is 0 Å². The number of pyridine rings is 1. The maximum Gasteiger partial charge on any atom is 0.0975 e. The first-order chi connectivity index (χ1) is 7.33. The number of rotatable bonds is 2. The molecule has 0 saturated carbocycles. The zero-order valence-electron chi connectivity index (χ0n) is 8.91. The Balaban J connectivity index is 2.54. The van der Waals surface area contributed by atoms with Gasteiger partial charge in [0.2, 0.25) is 0 Å². The fourth-order valence-electron chi connectivity index (χ4n) is 1.61. The van der Waals surface area contributed by atoms with Crippen LogP contribution in [0, 0.1) is 13.1 Å². The number of hydrogen-bond donors (Lipinski definition) is 1. The molecular weight excluding hydrogens is 184 g/mol. The second-order valence-electron chi connectivity index (χ2n) is 3.40. The Morgan fingerprint density at radius 1 is 1.20 bits per heavy atom. The van der Waals surface area contributed by atoms with Gasteiger partial charge in [0, 0.05) is 12.6 Å². The lowest BCUT2D eigenvalue weighted by atomic mass is 10.0. The van der Waals surface area contributed by atoms with Crippen molar-refractivity contribution in [3.05, 3.63) is 48.3 Å². The predicted molar refractivity (Wildman–Crippen MR) is 62.8 cm³/mol. The fraction of sp³-hybridized carbons (Fsp3) is 0.154. The number of anilines is 1. The van der Waals surface area contributed by atoms with Gasteiger partial charge < -0.3 is 5.32 Å². The molecule has 0 spiro atoms. The Kier molecular flexibility index (Phi) is 2.68. The van der Waals surface area contributed by atoms with Gasteiger partial charge in [-0.3, -0.25) is 4.98 Å². The van der Waals surface area contributed by atoms with Gasteiger partial charge >= 0.3 is 0 Å². The van der Waals surface area contributed by atoms with Crippen molar-refractivity contribution in [3.63, 3.8) is 0 Å². The number of aromatic nitrogens is 1. The summed E-state index contributed by atoms with van der Waals surface area (Å²) in [6.07, 6.45) is 4.83. The molecule has 75 valence electrons. The summed E-state index contributed by atoms with van der Waals surface area (Å²) in [5.74, 6) is 0. The van der Waals surface area contributed by atoms with Gasteiger partial charge in [0.05, 0.1) is 18.1 Å². The molecule has 1 aromatic carbocycles. The van der Waals surface area contributed by atoms with Crippen LogP contribution in [0.3, 0.4) is 0 Å². The van der Waals surface area contributed by atoms with Gasteiger partial charge in [0.1, 0.15) is 0 Å². The molecule has 0 aliphatic rings. The second-order valence-corrected chi connectivity index (χ2v) is 3.40. The quantitative estimate of drug-likeness (QED) is 0.800. The van der Waals surface area contributed by atoms with Crippen LogP contribution in [0.5, 0.6) is 0 Å². The fourth-order valence-corrected chi connectivity index (χ4v) is 1.61. The molecule has 2 rings (SSSR count). The van der Waals surface area contributed by atoms with Crippen LogP contribution >= 0.6 is 0 Å². The highest BCUT2D eigenvalue weighted by Crippen LogP contribution is 2.26. The van der Waals surface area contributed by atoms with E-state index in [9.17, 15) is 0 Å². The summed E-state index contributed by atoms with van der Waals surface area (Å²) >= 11 is 0. The van der Waals surface area contributed by atoms with Crippen molar-refractivity contribution >= 4 is 5.69 Å². The molecule has 0 saturated heterocycles. The van der Waals surface area contributed by atoms with Crippen LogP contribution in [0.15, 0.2) is 36.5 Å². The highest BCUT2D eigenvalue weighted by atomic mass is 14.8. The third-order valence-electron chi connectivity index (χ3n) is 2.48. The smallest absolute Gasteiger partial charge is 0.0975 e. The first-order valence-corrected chi connectivity index (χ1v) is 4.93. The normalized spacial score (nSPS) is 10.0. The zero-order valence-corrected chi connectivity index (χ0v) is 8.91. The van der Waals surface area contributed by atoms with Crippen molar-refractivity contribution in [2.45, 2.75) is 6.92 Å². The molecule has 2 heteroatoms. The number of nitrogens with zero attached hydrogens (tertiary/aromatic N) is 1. The first-order valence-electron chi connectivity index (χ1n) is 4.93. The lowest BCUT2D eigenvalue weighted by Crippen LogP contribution is -1.95. The van der Waals surface area contributed by atoms with Gasteiger partial charge in [-0.15, -0.1) is 0 Å². The van der Waals surface area contributed by atoms with E-state index in [2.05, 4.69) is 35.6 Å². The van der Waals surface area contributed by atoms with Crippen LogP contribution in [0.1, 0.15) is 5.56 Å². The summed E-state index contributed by atoms with van der Waals surface area (Å²) in [6, 6.07) is 10.2. The van der Waals surface area contributed by atoms with Crippen LogP contribution in [-0.2, 0) is 0 Å². The van der Waals surface area contributed by atoms with Gasteiger partial charge in [-0.2, -0.15) is 0 Å². The molecule has 0 amide bonds. The number of hydrogen-bond acceptors (Lipinski definition) is 2. The van der Waals surface area contributed by atoms with Crippen molar-refractivity contribution in [2.24, 2.45) is 0 Å². The molecular formula is C13H13N2. The molecule has 15 heavy (non-hydrogen) atoms. The minimum atomic E-state index is 1.05. The van der Waals surface area contributed by atoms with Crippen LogP contribution in [-0.4, -0.2) is 12.0 Å². The van der Waals surface area contributed by atoms with Crippen LogP contribution in [0.25, 0.3) is 11.1 Å². The molecule has 2 aromatic rings. The second kappa shape index (κ2) is 4.13. The van der Waals surface area contributed by atoms with Crippen LogP contribution in [0.2, 0.25) is 0 Å². The lowest BCUT2D eigenvalue weighted by molar-refractivity contribution is 1.26. The summed E-state index contributed by atoms with van der Waals surface area (Å²) < 4.78 is 0. The van der Waals surface area contributed by atoms with E-state index in [1.54, 1.807) is 6.20 Å². The summed E-state index contributed by atoms with van der Waals surface area (Å²) in [4.78, 5) is 4.11. The largest absolute Gasteiger partial charge is 0.387 e. The van der Waals surface area contributed by atoms with Crippen molar-refractivity contribution in [3.8, 4) is 11.1 Å². The highest BCUT2D eigenvalue weighted by Gasteiger charge is 2.05. The third-order valence-corrected chi connectivity index (χ3v) is 2.48. The molecule has 0 aliphatic carbocycles. The Bertz CT molecular complexity index is 449. The Labute approximate surface area is 90.0 Å². The molecule has 0 atom stereocenters. The van der Waals surface area contributed by atoms with Gasteiger partial charge in [-0.1, -0.05) is 30.3 Å². The third kappa shape index (κ3) is 1.84. The molecule has 1 heterocycles. The monoisotopic (exact) mass is 197 g/mol. The molecule has 0 aliphatic heterocycles. The first kappa shape index (κ1) is 9.71. The Morgan fingerprint density at radius 2 is 1.93 bits per heavy atom. The minimum absolute atomic E-state index is 1.05. The van der Waals surface area contributed by atoms with Crippen LogP contribution in [0.4, 0.5) is 5.69 Å². The molecule has 1 aromatic heterocycles. The average Bonchev–Trinajstić information content (AvgIpc) is 2.30. The van der Waals surface area contributed by atoms with Crippen molar-refractivity contribution in [1.82, 2.24) is 4.98 Å². The minimum Gasteiger partial charge on any atom is -0.387 e. The van der Waals surface area contributed by atoms with Crippen molar-refractivity contribution in [1.29, 1.82) is 0 Å². The predicted octanol–water partition coefficient (Wildman–Crippen LogP) is 2.90. The Morgan fingerprint density at radius 3 is 2.60 bits per heavy atom. The Hall–Kier alpha value is -1.83. The van der Waals surface area contributed by atoms with Gasteiger partial charge in [0.25, 0.3) is 0 Å². The van der Waals surface area contributed by atoms with E-state index >= 15 is 0 Å². The summed E-state index contributed by atoms with van der Waals surface area (Å²) in [6.45, 7) is 2.08. The zero-order chi connectivity index (χ0) is 10.7. The van der Waals surface area contributed by atoms with E-state index in [0.29, 0.717) is 0 Å². The van der Waals surface area contributed by atoms with Crippen molar-refractivity contribution < 1.29 is 0 Å². The summed E-state index contributed by atoms with van der Waals surface area (Å²) in [5, 5.41) is 3.12. The molecule has 0 fully saturated rings. The molecule has 2 nitrogen and oxygen atoms in total. The molecule has 1 radical (unpaired) electrons. The van der Waals surface area contributed by atoms with Gasteiger partial charge in [0.15, 0.2) is 0 Å². The SMILES string of the molecule is CNc1cn[c]c(-c2ccccc2)c1C. The van der Waals surface area contributed by atoms with Gasteiger partial charge in [-0.05, 0) is 18.1 Å². The maximum absolute atomic E-state index is 4.11. The van der Waals surface area contributed by atoms with E-state index < -0.39 is 0 Å². The van der Waals surface area contributed by atoms with E-state index in [-0.39, 0.29) is 0 Å². The average molecular weight is 197 g/mol. The topological polar surface area (TPSA) is 24.9 Å². The van der Waals surface area contributed by atoms with Crippen molar-refractivity contribution in [2.75, 3.05) is 12.4 Å². The van der Waals surface area contributed by atoms with E-state index in [1.807, 2.05) is 25.2 Å². The van der Waals surface area contributed by atoms with E-state index in [4.69, 9.17) is 0 Å². The summed E-state index contributed by atoms with van der Waals surface area (Å²) in [7, 11) is 1.90. The highest BCUT2D eigenvalue weighted by molar-refractivity contribution is 5.71. The number of benzene rings is 1. The van der Waals surface area contributed by atoms with E-state index in [1.165, 1.54) is 5.56 Å². The standard InChI is InChI=1S/C13H13N2/c1-10-12(8-15-9-13(10)14-2)11-6-4-3-5-7-11/h3-7,9,14H,1-2H3. The van der Waals surface area contributed by atoms with E-state index in [0.717, 1.165) is 16.8 Å².